The molecule has 0 fully saturated rings. The van der Waals surface area contributed by atoms with Gasteiger partial charge < -0.3 is 4.74 Å². The number of non-ortho nitro benzene ring substituents is 1. The molecular weight excluding hydrogens is 391 g/mol. The summed E-state index contributed by atoms with van der Waals surface area (Å²) in [5.74, 6) is -0.587. The lowest BCUT2D eigenvalue weighted by molar-refractivity contribution is -0.384. The van der Waals surface area contributed by atoms with Crippen LogP contribution in [0.4, 0.5) is 10.1 Å². The van der Waals surface area contributed by atoms with Gasteiger partial charge in [0.1, 0.15) is 11.6 Å². The molecule has 4 rings (SSSR count). The summed E-state index contributed by atoms with van der Waals surface area (Å²) in [7, 11) is 0. The van der Waals surface area contributed by atoms with Crippen molar-refractivity contribution in [3.63, 3.8) is 0 Å². The second kappa shape index (κ2) is 7.51. The number of nitro groups is 1. The Morgan fingerprint density at radius 1 is 1.27 bits per heavy atom. The molecule has 9 heteroatoms. The maximum atomic E-state index is 14.6. The number of nitro benzene ring substituents is 1. The molecular formula is C21H17FN4O4. The van der Waals surface area contributed by atoms with Gasteiger partial charge in [-0.05, 0) is 32.0 Å². The summed E-state index contributed by atoms with van der Waals surface area (Å²) in [4.78, 5) is 32.1. The quantitative estimate of drug-likeness (QED) is 0.372. The Bertz CT molecular complexity index is 1220. The van der Waals surface area contributed by atoms with E-state index in [2.05, 4.69) is 9.98 Å². The molecule has 152 valence electrons. The molecule has 0 amide bonds. The van der Waals surface area contributed by atoms with Gasteiger partial charge in [-0.3, -0.25) is 19.7 Å². The number of ether oxygens (including phenoxy) is 1. The van der Waals surface area contributed by atoms with E-state index in [1.165, 1.54) is 18.2 Å². The number of hydrogen-bond acceptors (Lipinski definition) is 6. The molecule has 0 atom stereocenters. The van der Waals surface area contributed by atoms with Crippen LogP contribution in [0.1, 0.15) is 40.1 Å². The number of rotatable bonds is 4. The molecule has 3 aromatic rings. The van der Waals surface area contributed by atoms with Gasteiger partial charge in [-0.25, -0.2) is 14.2 Å². The first-order valence-corrected chi connectivity index (χ1v) is 9.26. The third-order valence-electron chi connectivity index (χ3n) is 4.81. The number of benzene rings is 2. The minimum absolute atomic E-state index is 0.0289. The molecule has 2 aromatic carbocycles. The Balaban J connectivity index is 2.01. The Labute approximate surface area is 170 Å². The van der Waals surface area contributed by atoms with Crippen molar-refractivity contribution < 1.29 is 18.8 Å². The Kier molecular flexibility index (Phi) is 4.86. The van der Waals surface area contributed by atoms with E-state index in [0.29, 0.717) is 22.8 Å². The highest BCUT2D eigenvalue weighted by Crippen LogP contribution is 2.31. The SMILES string of the molecule is CCOC(=O)c1nc(C)n2c1CN=C(c1ccccc1F)c1cc([N+](=O)[O-])ccc1-2. The van der Waals surface area contributed by atoms with E-state index < -0.39 is 16.7 Å². The van der Waals surface area contributed by atoms with Crippen LogP contribution in [0.25, 0.3) is 5.69 Å². The smallest absolute Gasteiger partial charge is 0.358 e. The van der Waals surface area contributed by atoms with E-state index in [0.717, 1.165) is 0 Å². The summed E-state index contributed by atoms with van der Waals surface area (Å²) in [5.41, 5.74) is 1.84. The van der Waals surface area contributed by atoms with Crippen LogP contribution in [0.15, 0.2) is 47.5 Å². The highest BCUT2D eigenvalue weighted by molar-refractivity contribution is 6.15. The van der Waals surface area contributed by atoms with Crippen LogP contribution in [0.3, 0.4) is 0 Å². The van der Waals surface area contributed by atoms with Crippen molar-refractivity contribution in [3.05, 3.63) is 86.7 Å². The summed E-state index contributed by atoms with van der Waals surface area (Å²) >= 11 is 0. The zero-order valence-corrected chi connectivity index (χ0v) is 16.3. The normalized spacial score (nSPS) is 12.4. The van der Waals surface area contributed by atoms with Crippen molar-refractivity contribution >= 4 is 17.4 Å². The van der Waals surface area contributed by atoms with Crippen molar-refractivity contribution in [3.8, 4) is 5.69 Å². The zero-order valence-electron chi connectivity index (χ0n) is 16.3. The number of aryl methyl sites for hydroxylation is 1. The number of fused-ring (bicyclic) bond motifs is 3. The molecule has 0 N–H and O–H groups in total. The summed E-state index contributed by atoms with van der Waals surface area (Å²) < 4.78 is 21.4. The predicted octanol–water partition coefficient (Wildman–Crippen LogP) is 3.76. The van der Waals surface area contributed by atoms with Gasteiger partial charge in [0.2, 0.25) is 0 Å². The summed E-state index contributed by atoms with van der Waals surface area (Å²) in [6.45, 7) is 3.63. The van der Waals surface area contributed by atoms with E-state index in [1.54, 1.807) is 42.7 Å². The lowest BCUT2D eigenvalue weighted by Crippen LogP contribution is -2.10. The maximum Gasteiger partial charge on any atom is 0.358 e. The van der Waals surface area contributed by atoms with Gasteiger partial charge in [-0.1, -0.05) is 12.1 Å². The first-order valence-electron chi connectivity index (χ1n) is 9.26. The van der Waals surface area contributed by atoms with Gasteiger partial charge in [0.15, 0.2) is 5.69 Å². The Hall–Kier alpha value is -3.88. The number of halogens is 1. The molecule has 0 aliphatic carbocycles. The number of carbonyl (C=O) groups excluding carboxylic acids is 1. The van der Waals surface area contributed by atoms with E-state index in [1.807, 2.05) is 0 Å². The third kappa shape index (κ3) is 3.14. The summed E-state index contributed by atoms with van der Waals surface area (Å²) in [6, 6.07) is 10.4. The molecule has 0 saturated heterocycles. The molecule has 1 aromatic heterocycles. The molecule has 0 bridgehead atoms. The molecule has 2 heterocycles. The predicted molar refractivity (Wildman–Crippen MR) is 107 cm³/mol. The van der Waals surface area contributed by atoms with Crippen LogP contribution in [0.5, 0.6) is 0 Å². The molecule has 0 spiro atoms. The van der Waals surface area contributed by atoms with Crippen LogP contribution >= 0.6 is 0 Å². The van der Waals surface area contributed by atoms with E-state index >= 15 is 0 Å². The number of hydrogen-bond donors (Lipinski definition) is 0. The zero-order chi connectivity index (χ0) is 21.4. The van der Waals surface area contributed by atoms with Gasteiger partial charge in [-0.15, -0.1) is 0 Å². The lowest BCUT2D eigenvalue weighted by atomic mass is 9.99. The fourth-order valence-electron chi connectivity index (χ4n) is 3.55. The largest absolute Gasteiger partial charge is 0.461 e. The minimum atomic E-state index is -0.581. The molecule has 1 aliphatic heterocycles. The molecule has 8 nitrogen and oxygen atoms in total. The van der Waals surface area contributed by atoms with Crippen molar-refractivity contribution in [2.24, 2.45) is 4.99 Å². The van der Waals surface area contributed by atoms with E-state index in [-0.39, 0.29) is 35.8 Å². The van der Waals surface area contributed by atoms with Crippen LogP contribution in [-0.4, -0.2) is 32.8 Å². The van der Waals surface area contributed by atoms with Crippen molar-refractivity contribution in [2.75, 3.05) is 6.61 Å². The van der Waals surface area contributed by atoms with E-state index in [9.17, 15) is 19.3 Å². The van der Waals surface area contributed by atoms with Crippen molar-refractivity contribution in [1.82, 2.24) is 9.55 Å². The van der Waals surface area contributed by atoms with Crippen LogP contribution in [0, 0.1) is 22.9 Å². The minimum Gasteiger partial charge on any atom is -0.461 e. The van der Waals surface area contributed by atoms with Crippen LogP contribution < -0.4 is 0 Å². The van der Waals surface area contributed by atoms with Crippen molar-refractivity contribution in [1.29, 1.82) is 0 Å². The average Bonchev–Trinajstić information content (AvgIpc) is 2.95. The molecule has 30 heavy (non-hydrogen) atoms. The monoisotopic (exact) mass is 408 g/mol. The highest BCUT2D eigenvalue weighted by atomic mass is 19.1. The Morgan fingerprint density at radius 3 is 2.73 bits per heavy atom. The highest BCUT2D eigenvalue weighted by Gasteiger charge is 2.29. The maximum absolute atomic E-state index is 14.6. The lowest BCUT2D eigenvalue weighted by Gasteiger charge is -2.13. The van der Waals surface area contributed by atoms with Gasteiger partial charge >= 0.3 is 5.97 Å². The summed E-state index contributed by atoms with van der Waals surface area (Å²) in [5, 5.41) is 11.4. The second-order valence-electron chi connectivity index (χ2n) is 6.61. The van der Waals surface area contributed by atoms with E-state index in [4.69, 9.17) is 4.74 Å². The molecule has 1 aliphatic rings. The summed E-state index contributed by atoms with van der Waals surface area (Å²) in [6.07, 6.45) is 0. The van der Waals surface area contributed by atoms with Gasteiger partial charge in [0, 0.05) is 23.3 Å². The fourth-order valence-corrected chi connectivity index (χ4v) is 3.55. The van der Waals surface area contributed by atoms with Crippen molar-refractivity contribution in [2.45, 2.75) is 20.4 Å². The van der Waals surface area contributed by atoms with Gasteiger partial charge in [0.25, 0.3) is 5.69 Å². The van der Waals surface area contributed by atoms with Crippen LogP contribution in [0.2, 0.25) is 0 Å². The number of aromatic nitrogens is 2. The number of esters is 1. The average molecular weight is 408 g/mol. The molecule has 0 radical (unpaired) electrons. The first-order chi connectivity index (χ1) is 14.4. The van der Waals surface area contributed by atoms with Gasteiger partial charge in [0.05, 0.1) is 35.2 Å². The number of carbonyl (C=O) groups is 1. The topological polar surface area (TPSA) is 99.6 Å². The molecule has 0 saturated carbocycles. The standard InChI is InChI=1S/C21H17FN4O4/c1-3-30-21(27)20-18-11-23-19(14-6-4-5-7-16(14)22)15-10-13(26(28)29)8-9-17(15)25(18)12(2)24-20/h4-10H,3,11H2,1-2H3. The third-order valence-corrected chi connectivity index (χ3v) is 4.81. The molecule has 0 unspecified atom stereocenters. The Morgan fingerprint density at radius 2 is 2.03 bits per heavy atom. The number of aliphatic imine (C=N–C) groups is 1. The second-order valence-corrected chi connectivity index (χ2v) is 6.61. The van der Waals surface area contributed by atoms with Gasteiger partial charge in [-0.2, -0.15) is 0 Å². The fraction of sp³-hybridized carbons (Fsp3) is 0.190. The number of imidazole rings is 1. The van der Waals surface area contributed by atoms with Crippen LogP contribution in [-0.2, 0) is 11.3 Å². The number of nitrogens with zero attached hydrogens (tertiary/aromatic N) is 4. The first kappa shape index (κ1) is 19.4.